The largest absolute Gasteiger partial charge is 0.451 e. The molecule has 3 aromatic rings. The molecule has 1 aromatic carbocycles. The first-order valence-electron chi connectivity index (χ1n) is 8.02. The number of nitrogens with one attached hydrogen (secondary N) is 1. The van der Waals surface area contributed by atoms with Crippen LogP contribution in [0.2, 0.25) is 0 Å². The van der Waals surface area contributed by atoms with E-state index < -0.39 is 23.4 Å². The van der Waals surface area contributed by atoms with Gasteiger partial charge in [0, 0.05) is 29.7 Å². The number of fused-ring (bicyclic) bond motifs is 1. The molecule has 2 heterocycles. The van der Waals surface area contributed by atoms with Crippen LogP contribution in [0.5, 0.6) is 0 Å². The minimum absolute atomic E-state index is 0.0703. The quantitative estimate of drug-likeness (QED) is 0.420. The third-order valence-electron chi connectivity index (χ3n) is 3.93. The number of rotatable bonds is 5. The summed E-state index contributed by atoms with van der Waals surface area (Å²) in [5, 5.41) is 13.3. The van der Waals surface area contributed by atoms with E-state index in [-0.39, 0.29) is 11.4 Å². The van der Waals surface area contributed by atoms with Crippen LogP contribution >= 0.6 is 0 Å². The van der Waals surface area contributed by atoms with E-state index in [0.29, 0.717) is 16.9 Å². The monoisotopic (exact) mass is 368 g/mol. The Morgan fingerprint density at radius 2 is 2.04 bits per heavy atom. The van der Waals surface area contributed by atoms with Crippen molar-refractivity contribution in [3.63, 3.8) is 0 Å². The maximum absolute atomic E-state index is 12.1. The number of nitro groups is 1. The summed E-state index contributed by atoms with van der Waals surface area (Å²) < 4.78 is 6.75. The van der Waals surface area contributed by atoms with Gasteiger partial charge < -0.3 is 14.5 Å². The molecule has 2 aromatic heterocycles. The third kappa shape index (κ3) is 3.92. The van der Waals surface area contributed by atoms with Gasteiger partial charge in [0.05, 0.1) is 4.92 Å². The van der Waals surface area contributed by atoms with Crippen LogP contribution in [0.25, 0.3) is 5.65 Å². The van der Waals surface area contributed by atoms with Crippen LogP contribution in [-0.4, -0.2) is 32.8 Å². The zero-order chi connectivity index (χ0) is 19.6. The fraction of sp³-hybridized carbons (Fsp3) is 0.167. The van der Waals surface area contributed by atoms with Crippen molar-refractivity contribution in [2.45, 2.75) is 13.8 Å². The molecule has 0 saturated heterocycles. The number of carbonyl (C=O) groups is 2. The Morgan fingerprint density at radius 3 is 2.70 bits per heavy atom. The second-order valence-corrected chi connectivity index (χ2v) is 5.90. The maximum Gasteiger partial charge on any atom is 0.359 e. The van der Waals surface area contributed by atoms with Crippen molar-refractivity contribution in [1.82, 2.24) is 9.38 Å². The number of esters is 1. The van der Waals surface area contributed by atoms with Crippen molar-refractivity contribution in [2.24, 2.45) is 0 Å². The topological polar surface area (TPSA) is 116 Å². The van der Waals surface area contributed by atoms with Crippen LogP contribution < -0.4 is 5.32 Å². The highest BCUT2D eigenvalue weighted by molar-refractivity contribution is 5.95. The number of benzene rings is 1. The summed E-state index contributed by atoms with van der Waals surface area (Å²) in [7, 11) is 0. The average Bonchev–Trinajstić information content (AvgIpc) is 3.07. The average molecular weight is 368 g/mol. The van der Waals surface area contributed by atoms with Gasteiger partial charge in [0.1, 0.15) is 5.65 Å². The maximum atomic E-state index is 12.1. The van der Waals surface area contributed by atoms with E-state index in [4.69, 9.17) is 4.74 Å². The van der Waals surface area contributed by atoms with Gasteiger partial charge in [-0.3, -0.25) is 14.9 Å². The number of ether oxygens (including phenoxy) is 1. The van der Waals surface area contributed by atoms with Gasteiger partial charge in [-0.2, -0.15) is 0 Å². The van der Waals surface area contributed by atoms with Crippen LogP contribution in [-0.2, 0) is 9.53 Å². The summed E-state index contributed by atoms with van der Waals surface area (Å²) in [6, 6.07) is 9.52. The number of hydrogen-bond acceptors (Lipinski definition) is 6. The number of non-ortho nitro benzene ring substituents is 1. The van der Waals surface area contributed by atoms with Crippen molar-refractivity contribution in [1.29, 1.82) is 0 Å². The predicted octanol–water partition coefficient (Wildman–Crippen LogP) is 2.65. The fourth-order valence-electron chi connectivity index (χ4n) is 2.54. The molecule has 0 atom stereocenters. The van der Waals surface area contributed by atoms with Crippen LogP contribution in [0.4, 0.5) is 11.4 Å². The number of amides is 1. The summed E-state index contributed by atoms with van der Waals surface area (Å²) in [6.45, 7) is 3.01. The fourth-order valence-corrected chi connectivity index (χ4v) is 2.54. The van der Waals surface area contributed by atoms with E-state index in [2.05, 4.69) is 10.3 Å². The van der Waals surface area contributed by atoms with Crippen molar-refractivity contribution < 1.29 is 19.2 Å². The lowest BCUT2D eigenvalue weighted by Gasteiger charge is -2.08. The molecule has 9 heteroatoms. The number of imidazole rings is 1. The second kappa shape index (κ2) is 7.24. The number of nitrogens with zero attached hydrogens (tertiary/aromatic N) is 3. The molecule has 9 nitrogen and oxygen atoms in total. The molecule has 138 valence electrons. The SMILES string of the molecule is Cc1cc([N+](=O)[O-])ccc1NC(=O)COC(=O)c1cn2c(C)cccc2n1. The molecule has 1 amide bonds. The number of aryl methyl sites for hydroxylation is 2. The van der Waals surface area contributed by atoms with Gasteiger partial charge in [-0.05, 0) is 37.6 Å². The lowest BCUT2D eigenvalue weighted by molar-refractivity contribution is -0.384. The van der Waals surface area contributed by atoms with Gasteiger partial charge in [-0.1, -0.05) is 6.07 Å². The third-order valence-corrected chi connectivity index (χ3v) is 3.93. The first kappa shape index (κ1) is 18.1. The molecule has 1 N–H and O–H groups in total. The van der Waals surface area contributed by atoms with Crippen LogP contribution in [0, 0.1) is 24.0 Å². The summed E-state index contributed by atoms with van der Waals surface area (Å²) in [5.74, 6) is -1.27. The van der Waals surface area contributed by atoms with Gasteiger partial charge in [0.15, 0.2) is 12.3 Å². The molecule has 0 aliphatic rings. The number of aromatic nitrogens is 2. The molecule has 27 heavy (non-hydrogen) atoms. The Labute approximate surface area is 153 Å². The Kier molecular flexibility index (Phi) is 4.84. The number of nitro benzene ring substituents is 1. The molecule has 0 aliphatic heterocycles. The van der Waals surface area contributed by atoms with E-state index in [9.17, 15) is 19.7 Å². The molecule has 3 rings (SSSR count). The highest BCUT2D eigenvalue weighted by Crippen LogP contribution is 2.21. The van der Waals surface area contributed by atoms with E-state index in [1.54, 1.807) is 23.6 Å². The minimum atomic E-state index is -0.714. The molecule has 0 bridgehead atoms. The minimum Gasteiger partial charge on any atom is -0.451 e. The molecular weight excluding hydrogens is 352 g/mol. The highest BCUT2D eigenvalue weighted by Gasteiger charge is 2.16. The second-order valence-electron chi connectivity index (χ2n) is 5.90. The molecule has 0 unspecified atom stereocenters. The van der Waals surface area contributed by atoms with Crippen LogP contribution in [0.1, 0.15) is 21.7 Å². The van der Waals surface area contributed by atoms with E-state index in [0.717, 1.165) is 5.69 Å². The zero-order valence-electron chi connectivity index (χ0n) is 14.6. The van der Waals surface area contributed by atoms with Crippen molar-refractivity contribution in [3.05, 3.63) is 69.7 Å². The Hall–Kier alpha value is -3.75. The van der Waals surface area contributed by atoms with Gasteiger partial charge in [0.2, 0.25) is 0 Å². The standard InChI is InChI=1S/C18H16N4O5/c1-11-8-13(22(25)26)6-7-14(11)20-17(23)10-27-18(24)15-9-21-12(2)4-3-5-16(21)19-15/h3-9H,10H2,1-2H3,(H,20,23). The molecule has 0 saturated carbocycles. The Morgan fingerprint density at radius 1 is 1.26 bits per heavy atom. The number of hydrogen-bond donors (Lipinski definition) is 1. The molecule has 0 fully saturated rings. The van der Waals surface area contributed by atoms with Crippen molar-refractivity contribution in [2.75, 3.05) is 11.9 Å². The van der Waals surface area contributed by atoms with Crippen LogP contribution in [0.3, 0.4) is 0 Å². The Balaban J connectivity index is 1.62. The van der Waals surface area contributed by atoms with Gasteiger partial charge in [-0.25, -0.2) is 9.78 Å². The summed E-state index contributed by atoms with van der Waals surface area (Å²) in [6.07, 6.45) is 1.55. The number of pyridine rings is 1. The molecule has 0 radical (unpaired) electrons. The van der Waals surface area contributed by atoms with Crippen LogP contribution in [0.15, 0.2) is 42.6 Å². The number of anilines is 1. The molecule has 0 aliphatic carbocycles. The lowest BCUT2D eigenvalue weighted by atomic mass is 10.2. The van der Waals surface area contributed by atoms with Gasteiger partial charge >= 0.3 is 5.97 Å². The lowest BCUT2D eigenvalue weighted by Crippen LogP contribution is -2.21. The van der Waals surface area contributed by atoms with E-state index in [1.807, 2.05) is 19.1 Å². The molecule has 0 spiro atoms. The Bertz CT molecular complexity index is 1060. The van der Waals surface area contributed by atoms with Crippen molar-refractivity contribution >= 4 is 28.9 Å². The normalized spacial score (nSPS) is 10.6. The van der Waals surface area contributed by atoms with Gasteiger partial charge in [0.25, 0.3) is 11.6 Å². The first-order valence-corrected chi connectivity index (χ1v) is 8.02. The smallest absolute Gasteiger partial charge is 0.359 e. The highest BCUT2D eigenvalue weighted by atomic mass is 16.6. The molecular formula is C18H16N4O5. The first-order chi connectivity index (χ1) is 12.8. The summed E-state index contributed by atoms with van der Waals surface area (Å²) in [4.78, 5) is 38.5. The summed E-state index contributed by atoms with van der Waals surface area (Å²) in [5.41, 5.74) is 2.48. The predicted molar refractivity (Wildman–Crippen MR) is 96.7 cm³/mol. The summed E-state index contributed by atoms with van der Waals surface area (Å²) >= 11 is 0. The number of carbonyl (C=O) groups excluding carboxylic acids is 2. The van der Waals surface area contributed by atoms with E-state index in [1.165, 1.54) is 18.2 Å². The van der Waals surface area contributed by atoms with Gasteiger partial charge in [-0.15, -0.1) is 0 Å². The zero-order valence-corrected chi connectivity index (χ0v) is 14.6. The van der Waals surface area contributed by atoms with E-state index >= 15 is 0 Å². The van der Waals surface area contributed by atoms with Crippen molar-refractivity contribution in [3.8, 4) is 0 Å².